The van der Waals surface area contributed by atoms with Crippen LogP contribution in [0.25, 0.3) is 0 Å². The van der Waals surface area contributed by atoms with E-state index >= 15 is 0 Å². The van der Waals surface area contributed by atoms with Gasteiger partial charge in [0, 0.05) is 6.42 Å². The summed E-state index contributed by atoms with van der Waals surface area (Å²) in [7, 11) is 0. The molecule has 2 heterocycles. The van der Waals surface area contributed by atoms with Crippen LogP contribution in [-0.2, 0) is 4.74 Å². The normalized spacial score (nSPS) is 54.9. The summed E-state index contributed by atoms with van der Waals surface area (Å²) in [6.07, 6.45) is 3.28. The fourth-order valence-electron chi connectivity index (χ4n) is 1.22. The molecular weight excluding hydrogens is 187 g/mol. The first kappa shape index (κ1) is 5.86. The highest BCUT2D eigenvalue weighted by molar-refractivity contribution is 9.10. The lowest BCUT2D eigenvalue weighted by Crippen LogP contribution is -2.24. The summed E-state index contributed by atoms with van der Waals surface area (Å²) in [5.74, 6) is 0. The molecule has 3 atom stereocenters. The van der Waals surface area contributed by atoms with E-state index in [2.05, 4.69) is 15.9 Å². The van der Waals surface area contributed by atoms with E-state index in [1.807, 2.05) is 6.08 Å². The Labute approximate surface area is 61.0 Å². The van der Waals surface area contributed by atoms with Crippen LogP contribution in [0.15, 0.2) is 12.2 Å². The molecule has 0 aromatic carbocycles. The van der Waals surface area contributed by atoms with Crippen LogP contribution >= 0.6 is 15.9 Å². The standard InChI is InChI=1S/C6H6BrFO/c7-6-2-1-4(9-6)3-5(6)8/h1-2,4-5H,3H2. The zero-order valence-electron chi connectivity index (χ0n) is 4.68. The maximum absolute atomic E-state index is 12.8. The second-order valence-electron chi connectivity index (χ2n) is 2.42. The summed E-state index contributed by atoms with van der Waals surface area (Å²) in [5.41, 5.74) is 0. The van der Waals surface area contributed by atoms with Crippen LogP contribution in [0.4, 0.5) is 4.39 Å². The third-order valence-electron chi connectivity index (χ3n) is 1.74. The minimum atomic E-state index is -0.868. The fourth-order valence-corrected chi connectivity index (χ4v) is 1.80. The van der Waals surface area contributed by atoms with Gasteiger partial charge in [0.25, 0.3) is 0 Å². The first-order valence-electron chi connectivity index (χ1n) is 2.91. The van der Waals surface area contributed by atoms with E-state index < -0.39 is 10.7 Å². The average Bonchev–Trinajstić information content (AvgIpc) is 2.22. The van der Waals surface area contributed by atoms with E-state index in [9.17, 15) is 4.39 Å². The van der Waals surface area contributed by atoms with E-state index in [0.717, 1.165) is 0 Å². The van der Waals surface area contributed by atoms with Gasteiger partial charge in [0.2, 0.25) is 0 Å². The Morgan fingerprint density at radius 3 is 2.78 bits per heavy atom. The van der Waals surface area contributed by atoms with Crippen molar-refractivity contribution >= 4 is 15.9 Å². The minimum Gasteiger partial charge on any atom is -0.350 e. The Kier molecular flexibility index (Phi) is 1.03. The van der Waals surface area contributed by atoms with E-state index in [4.69, 9.17) is 4.74 Å². The first-order chi connectivity index (χ1) is 4.21. The van der Waals surface area contributed by atoms with Crippen molar-refractivity contribution in [2.45, 2.75) is 23.2 Å². The molecule has 0 aliphatic carbocycles. The molecule has 0 saturated carbocycles. The fraction of sp³-hybridized carbons (Fsp3) is 0.667. The van der Waals surface area contributed by atoms with Crippen molar-refractivity contribution in [2.75, 3.05) is 0 Å². The molecule has 9 heavy (non-hydrogen) atoms. The number of hydrogen-bond donors (Lipinski definition) is 0. The van der Waals surface area contributed by atoms with E-state index in [1.54, 1.807) is 6.08 Å². The highest BCUT2D eigenvalue weighted by Crippen LogP contribution is 2.44. The second-order valence-corrected chi connectivity index (χ2v) is 3.66. The average molecular weight is 193 g/mol. The van der Waals surface area contributed by atoms with Gasteiger partial charge >= 0.3 is 0 Å². The first-order valence-corrected chi connectivity index (χ1v) is 3.70. The van der Waals surface area contributed by atoms with Crippen molar-refractivity contribution in [1.29, 1.82) is 0 Å². The lowest BCUT2D eigenvalue weighted by molar-refractivity contribution is 0.0791. The Hall–Kier alpha value is 0.110. The van der Waals surface area contributed by atoms with Gasteiger partial charge in [-0.2, -0.15) is 0 Å². The highest BCUT2D eigenvalue weighted by Gasteiger charge is 2.48. The van der Waals surface area contributed by atoms with Crippen LogP contribution in [0.1, 0.15) is 6.42 Å². The Morgan fingerprint density at radius 1 is 1.78 bits per heavy atom. The second kappa shape index (κ2) is 1.58. The molecule has 3 unspecified atom stereocenters. The summed E-state index contributed by atoms with van der Waals surface area (Å²) in [5, 5.41) is 0. The molecule has 0 aromatic rings. The quantitative estimate of drug-likeness (QED) is 0.420. The van der Waals surface area contributed by atoms with Crippen LogP contribution in [0.5, 0.6) is 0 Å². The largest absolute Gasteiger partial charge is 0.350 e. The van der Waals surface area contributed by atoms with E-state index in [-0.39, 0.29) is 6.10 Å². The number of halogens is 2. The number of hydrogen-bond acceptors (Lipinski definition) is 1. The van der Waals surface area contributed by atoms with Crippen molar-refractivity contribution in [1.82, 2.24) is 0 Å². The van der Waals surface area contributed by atoms with Gasteiger partial charge in [0.1, 0.15) is 6.17 Å². The SMILES string of the molecule is FC1CC2C=CC1(Br)O2. The van der Waals surface area contributed by atoms with Crippen molar-refractivity contribution in [3.8, 4) is 0 Å². The minimum absolute atomic E-state index is 0.0133. The molecule has 50 valence electrons. The topological polar surface area (TPSA) is 9.23 Å². The molecule has 1 nitrogen and oxygen atoms in total. The Bertz CT molecular complexity index is 170. The monoisotopic (exact) mass is 192 g/mol. The van der Waals surface area contributed by atoms with Gasteiger partial charge in [-0.1, -0.05) is 6.08 Å². The van der Waals surface area contributed by atoms with Crippen LogP contribution in [-0.4, -0.2) is 16.8 Å². The van der Waals surface area contributed by atoms with E-state index in [1.165, 1.54) is 0 Å². The van der Waals surface area contributed by atoms with Gasteiger partial charge in [-0.15, -0.1) is 0 Å². The molecule has 0 aromatic heterocycles. The molecule has 3 heteroatoms. The van der Waals surface area contributed by atoms with Crippen molar-refractivity contribution < 1.29 is 9.13 Å². The molecular formula is C6H6BrFO. The van der Waals surface area contributed by atoms with Crippen LogP contribution in [0, 0.1) is 0 Å². The lowest BCUT2D eigenvalue weighted by atomic mass is 10.1. The molecule has 0 radical (unpaired) electrons. The van der Waals surface area contributed by atoms with Crippen molar-refractivity contribution in [2.24, 2.45) is 0 Å². The summed E-state index contributed by atoms with van der Waals surface area (Å²) in [4.78, 5) is 0. The maximum Gasteiger partial charge on any atom is 0.173 e. The molecule has 0 amide bonds. The van der Waals surface area contributed by atoms with Gasteiger partial charge in [-0.05, 0) is 22.0 Å². The molecule has 0 spiro atoms. The van der Waals surface area contributed by atoms with Gasteiger partial charge in [-0.3, -0.25) is 0 Å². The third kappa shape index (κ3) is 0.679. The van der Waals surface area contributed by atoms with E-state index in [0.29, 0.717) is 6.42 Å². The molecule has 2 rings (SSSR count). The summed E-state index contributed by atoms with van der Waals surface area (Å²) in [6.45, 7) is 0. The summed E-state index contributed by atoms with van der Waals surface area (Å²) >= 11 is 3.17. The molecule has 1 fully saturated rings. The van der Waals surface area contributed by atoms with Crippen LogP contribution in [0.2, 0.25) is 0 Å². The third-order valence-corrected chi connectivity index (χ3v) is 2.68. The predicted octanol–water partition coefficient (Wildman–Crippen LogP) is 1.77. The van der Waals surface area contributed by atoms with Gasteiger partial charge < -0.3 is 4.74 Å². The Balaban J connectivity index is 2.33. The number of rotatable bonds is 0. The van der Waals surface area contributed by atoms with Crippen LogP contribution in [0.3, 0.4) is 0 Å². The smallest absolute Gasteiger partial charge is 0.173 e. The Morgan fingerprint density at radius 2 is 2.56 bits per heavy atom. The molecule has 2 bridgehead atoms. The lowest BCUT2D eigenvalue weighted by Gasteiger charge is -2.15. The van der Waals surface area contributed by atoms with Crippen molar-refractivity contribution in [3.63, 3.8) is 0 Å². The zero-order valence-corrected chi connectivity index (χ0v) is 6.27. The number of alkyl halides is 2. The molecule has 1 saturated heterocycles. The number of ether oxygens (including phenoxy) is 1. The zero-order chi connectivity index (χ0) is 6.48. The highest BCUT2D eigenvalue weighted by atomic mass is 79.9. The van der Waals surface area contributed by atoms with Crippen molar-refractivity contribution in [3.05, 3.63) is 12.2 Å². The molecule has 0 N–H and O–H groups in total. The predicted molar refractivity (Wildman–Crippen MR) is 35.2 cm³/mol. The van der Waals surface area contributed by atoms with Gasteiger partial charge in [0.15, 0.2) is 4.51 Å². The van der Waals surface area contributed by atoms with Gasteiger partial charge in [-0.25, -0.2) is 4.39 Å². The number of fused-ring (bicyclic) bond motifs is 2. The molecule has 2 aliphatic heterocycles. The van der Waals surface area contributed by atoms with Gasteiger partial charge in [0.05, 0.1) is 6.10 Å². The van der Waals surface area contributed by atoms with Crippen LogP contribution < -0.4 is 0 Å². The summed E-state index contributed by atoms with van der Waals surface area (Å²) in [6, 6.07) is 0. The summed E-state index contributed by atoms with van der Waals surface area (Å²) < 4.78 is 17.2. The molecule has 2 aliphatic rings. The maximum atomic E-state index is 12.8.